The molecule has 0 atom stereocenters. The van der Waals surface area contributed by atoms with Crippen LogP contribution in [0.1, 0.15) is 15.9 Å². The minimum atomic E-state index is -0.179. The maximum atomic E-state index is 13.4. The smallest absolute Gasteiger partial charge is 0.161 e. The van der Waals surface area contributed by atoms with Crippen molar-refractivity contribution in [3.63, 3.8) is 0 Å². The molecule has 22 heavy (non-hydrogen) atoms. The summed E-state index contributed by atoms with van der Waals surface area (Å²) in [5.74, 6) is 2.29. The van der Waals surface area contributed by atoms with E-state index in [2.05, 4.69) is 0 Å². The van der Waals surface area contributed by atoms with Gasteiger partial charge in [-0.15, -0.1) is 0 Å². The number of methoxy groups -OCH3 is 1. The van der Waals surface area contributed by atoms with E-state index in [1.165, 1.54) is 13.2 Å². The van der Waals surface area contributed by atoms with Crippen LogP contribution in [-0.4, -0.2) is 25.8 Å². The molecule has 0 aromatic heterocycles. The van der Waals surface area contributed by atoms with Gasteiger partial charge in [-0.1, -0.05) is 18.2 Å². The summed E-state index contributed by atoms with van der Waals surface area (Å²) in [6.07, 6.45) is 0.760. The number of carbonyl (C=O) groups excluding carboxylic acids is 1. The van der Waals surface area contributed by atoms with Gasteiger partial charge < -0.3 is 9.47 Å². The number of hydrogen-bond acceptors (Lipinski definition) is 4. The van der Waals surface area contributed by atoms with Crippen molar-refractivity contribution in [2.75, 3.05) is 19.5 Å². The maximum absolute atomic E-state index is 13.4. The van der Waals surface area contributed by atoms with E-state index in [0.717, 1.165) is 12.0 Å². The van der Waals surface area contributed by atoms with Crippen molar-refractivity contribution in [3.05, 3.63) is 59.4 Å². The second kappa shape index (κ2) is 8.44. The van der Waals surface area contributed by atoms with Crippen LogP contribution in [0.4, 0.5) is 4.39 Å². The first-order chi connectivity index (χ1) is 10.7. The van der Waals surface area contributed by atoms with Crippen LogP contribution in [0.15, 0.2) is 42.5 Å². The van der Waals surface area contributed by atoms with Gasteiger partial charge >= 0.3 is 0 Å². The summed E-state index contributed by atoms with van der Waals surface area (Å²) in [6.45, 7) is 0.482. The van der Waals surface area contributed by atoms with Crippen molar-refractivity contribution in [3.8, 4) is 11.5 Å². The number of halogens is 1. The summed E-state index contributed by atoms with van der Waals surface area (Å²) in [5.41, 5.74) is 1.23. The molecule has 0 heterocycles. The van der Waals surface area contributed by atoms with Gasteiger partial charge in [0.1, 0.15) is 12.1 Å². The Kier molecular flexibility index (Phi) is 6.27. The molecule has 2 aromatic rings. The highest BCUT2D eigenvalue weighted by molar-refractivity contribution is 7.98. The van der Waals surface area contributed by atoms with Gasteiger partial charge in [0.25, 0.3) is 0 Å². The number of ether oxygens (including phenoxy) is 2. The lowest BCUT2D eigenvalue weighted by Crippen LogP contribution is -2.02. The van der Waals surface area contributed by atoms with Gasteiger partial charge in [0.15, 0.2) is 11.5 Å². The van der Waals surface area contributed by atoms with Crippen molar-refractivity contribution in [1.29, 1.82) is 0 Å². The fraction of sp³-hybridized carbons (Fsp3) is 0.235. The number of carbonyl (C=O) groups is 1. The molecule has 0 amide bonds. The molecule has 0 unspecified atom stereocenters. The van der Waals surface area contributed by atoms with Crippen molar-refractivity contribution in [2.24, 2.45) is 0 Å². The molecule has 3 nitrogen and oxygen atoms in total. The average Bonchev–Trinajstić information content (AvgIpc) is 2.56. The summed E-state index contributed by atoms with van der Waals surface area (Å²) in [5, 5.41) is 0. The topological polar surface area (TPSA) is 35.5 Å². The van der Waals surface area contributed by atoms with Gasteiger partial charge in [-0.25, -0.2) is 4.39 Å². The molecule has 0 spiro atoms. The van der Waals surface area contributed by atoms with Gasteiger partial charge in [-0.3, -0.25) is 4.79 Å². The van der Waals surface area contributed by atoms with E-state index < -0.39 is 0 Å². The number of aldehydes is 1. The molecule has 0 aliphatic heterocycles. The normalized spacial score (nSPS) is 10.3. The van der Waals surface area contributed by atoms with Crippen LogP contribution in [0, 0.1) is 5.82 Å². The molecule has 0 bridgehead atoms. The Balaban J connectivity index is 1.79. The predicted octanol–water partition coefficient (Wildman–Crippen LogP) is 3.96. The highest BCUT2D eigenvalue weighted by atomic mass is 32.2. The summed E-state index contributed by atoms with van der Waals surface area (Å²) < 4.78 is 24.3. The molecule has 0 N–H and O–H groups in total. The standard InChI is InChI=1S/C17H17FO3S/c1-20-17-10-13(11-19)6-7-16(17)21-8-9-22-12-14-4-2-3-5-15(14)18/h2-7,10-11H,8-9,12H2,1H3. The molecule has 0 radical (unpaired) electrons. The van der Waals surface area contributed by atoms with E-state index in [1.807, 2.05) is 6.07 Å². The third kappa shape index (κ3) is 4.49. The van der Waals surface area contributed by atoms with Crippen molar-refractivity contribution in [2.45, 2.75) is 5.75 Å². The molecule has 0 fully saturated rings. The Labute approximate surface area is 133 Å². The summed E-state index contributed by atoms with van der Waals surface area (Å²) in [4.78, 5) is 10.7. The second-order valence-corrected chi connectivity index (χ2v) is 5.63. The highest BCUT2D eigenvalue weighted by Crippen LogP contribution is 2.27. The number of rotatable bonds is 8. The average molecular weight is 320 g/mol. The van der Waals surface area contributed by atoms with Gasteiger partial charge in [-0.2, -0.15) is 11.8 Å². The van der Waals surface area contributed by atoms with Crippen LogP contribution in [0.3, 0.4) is 0 Å². The zero-order valence-corrected chi connectivity index (χ0v) is 13.1. The fourth-order valence-corrected chi connectivity index (χ4v) is 2.68. The Hall–Kier alpha value is -2.01. The van der Waals surface area contributed by atoms with Gasteiger partial charge in [0.2, 0.25) is 0 Å². The van der Waals surface area contributed by atoms with Crippen LogP contribution in [-0.2, 0) is 5.75 Å². The Morgan fingerprint density at radius 2 is 2.00 bits per heavy atom. The van der Waals surface area contributed by atoms with E-state index >= 15 is 0 Å². The van der Waals surface area contributed by atoms with E-state index in [1.54, 1.807) is 42.1 Å². The van der Waals surface area contributed by atoms with Gasteiger partial charge in [0.05, 0.1) is 13.7 Å². The molecule has 2 aromatic carbocycles. The zero-order valence-electron chi connectivity index (χ0n) is 12.3. The Morgan fingerprint density at radius 3 is 2.73 bits per heavy atom. The van der Waals surface area contributed by atoms with Gasteiger partial charge in [0, 0.05) is 17.1 Å². The van der Waals surface area contributed by atoms with Crippen LogP contribution in [0.25, 0.3) is 0 Å². The Bertz CT molecular complexity index is 631. The third-order valence-electron chi connectivity index (χ3n) is 3.02. The van der Waals surface area contributed by atoms with Gasteiger partial charge in [-0.05, 0) is 29.8 Å². The summed E-state index contributed by atoms with van der Waals surface area (Å²) >= 11 is 1.60. The Morgan fingerprint density at radius 1 is 1.18 bits per heavy atom. The first-order valence-corrected chi connectivity index (χ1v) is 7.97. The molecule has 0 saturated carbocycles. The number of hydrogen-bond donors (Lipinski definition) is 0. The van der Waals surface area contributed by atoms with Crippen molar-refractivity contribution in [1.82, 2.24) is 0 Å². The quantitative estimate of drug-likeness (QED) is 0.545. The molecule has 2 rings (SSSR count). The first-order valence-electron chi connectivity index (χ1n) is 6.81. The summed E-state index contributed by atoms with van der Waals surface area (Å²) in [6, 6.07) is 11.8. The number of benzene rings is 2. The summed E-state index contributed by atoms with van der Waals surface area (Å²) in [7, 11) is 1.53. The molecular weight excluding hydrogens is 303 g/mol. The van der Waals surface area contributed by atoms with E-state index in [9.17, 15) is 9.18 Å². The second-order valence-electron chi connectivity index (χ2n) is 4.52. The molecule has 0 aliphatic rings. The maximum Gasteiger partial charge on any atom is 0.161 e. The van der Waals surface area contributed by atoms with Crippen LogP contribution >= 0.6 is 11.8 Å². The zero-order chi connectivity index (χ0) is 15.8. The monoisotopic (exact) mass is 320 g/mol. The first kappa shape index (κ1) is 16.4. The lowest BCUT2D eigenvalue weighted by molar-refractivity contribution is 0.112. The molecule has 5 heteroatoms. The lowest BCUT2D eigenvalue weighted by Gasteiger charge is -2.11. The van der Waals surface area contributed by atoms with E-state index in [-0.39, 0.29) is 5.82 Å². The van der Waals surface area contributed by atoms with Crippen LogP contribution in [0.5, 0.6) is 11.5 Å². The van der Waals surface area contributed by atoms with E-state index in [0.29, 0.717) is 35.0 Å². The van der Waals surface area contributed by atoms with E-state index in [4.69, 9.17) is 9.47 Å². The predicted molar refractivity (Wildman–Crippen MR) is 86.4 cm³/mol. The highest BCUT2D eigenvalue weighted by Gasteiger charge is 2.06. The largest absolute Gasteiger partial charge is 0.493 e. The minimum absolute atomic E-state index is 0.179. The van der Waals surface area contributed by atoms with Crippen molar-refractivity contribution < 1.29 is 18.7 Å². The fourth-order valence-electron chi connectivity index (χ4n) is 1.88. The van der Waals surface area contributed by atoms with Crippen LogP contribution in [0.2, 0.25) is 0 Å². The molecular formula is C17H17FO3S. The third-order valence-corrected chi connectivity index (χ3v) is 3.99. The number of thioether (sulfide) groups is 1. The molecule has 0 saturated heterocycles. The van der Waals surface area contributed by atoms with Crippen LogP contribution < -0.4 is 9.47 Å². The SMILES string of the molecule is COc1cc(C=O)ccc1OCCSCc1ccccc1F. The molecule has 0 aliphatic carbocycles. The minimum Gasteiger partial charge on any atom is -0.493 e. The lowest BCUT2D eigenvalue weighted by atomic mass is 10.2. The molecule has 116 valence electrons. The van der Waals surface area contributed by atoms with Crippen molar-refractivity contribution >= 4 is 18.0 Å².